The number of rotatable bonds is 6. The molecule has 0 fully saturated rings. The van der Waals surface area contributed by atoms with Crippen LogP contribution in [0.3, 0.4) is 0 Å². The second kappa shape index (κ2) is 5.89. The van der Waals surface area contributed by atoms with Crippen LogP contribution in [0, 0.1) is 5.82 Å². The third-order valence-electron chi connectivity index (χ3n) is 2.12. The second-order valence-electron chi connectivity index (χ2n) is 3.49. The van der Waals surface area contributed by atoms with Crippen molar-refractivity contribution in [1.29, 1.82) is 0 Å². The first-order valence-corrected chi connectivity index (χ1v) is 6.47. The topological polar surface area (TPSA) is 104 Å². The predicted octanol–water partition coefficient (Wildman–Crippen LogP) is -0.0604. The highest BCUT2D eigenvalue weighted by molar-refractivity contribution is 7.89. The number of halogens is 1. The van der Waals surface area contributed by atoms with Crippen LogP contribution < -0.4 is 4.72 Å². The molecule has 0 amide bonds. The zero-order valence-electron chi connectivity index (χ0n) is 9.21. The maximum absolute atomic E-state index is 12.6. The molecule has 1 aromatic rings. The molecule has 0 aliphatic heterocycles. The van der Waals surface area contributed by atoms with Gasteiger partial charge in [-0.05, 0) is 30.7 Å². The minimum atomic E-state index is -3.82. The van der Waals surface area contributed by atoms with Crippen LogP contribution >= 0.6 is 0 Å². The number of benzene rings is 1. The molecule has 8 heteroatoms. The summed E-state index contributed by atoms with van der Waals surface area (Å²) in [5.74, 6) is -1.98. The molecule has 0 aliphatic carbocycles. The summed E-state index contributed by atoms with van der Waals surface area (Å²) in [6, 6.07) is 4.18. The molecule has 0 saturated carbocycles. The summed E-state index contributed by atoms with van der Waals surface area (Å²) in [4.78, 5) is 10.2. The van der Waals surface area contributed by atoms with Gasteiger partial charge in [0.25, 0.3) is 0 Å². The number of nitrogens with one attached hydrogen (secondary N) is 1. The quantitative estimate of drug-likeness (QED) is 0.676. The highest BCUT2D eigenvalue weighted by Gasteiger charge is 2.16. The van der Waals surface area contributed by atoms with Crippen molar-refractivity contribution < 1.29 is 27.8 Å². The average Bonchev–Trinajstić information content (AvgIpc) is 2.29. The lowest BCUT2D eigenvalue weighted by molar-refractivity contribution is -0.146. The molecule has 100 valence electrons. The average molecular weight is 277 g/mol. The van der Waals surface area contributed by atoms with E-state index in [0.29, 0.717) is 0 Å². The van der Waals surface area contributed by atoms with E-state index in [4.69, 9.17) is 10.2 Å². The van der Waals surface area contributed by atoms with Crippen molar-refractivity contribution in [3.8, 4) is 0 Å². The van der Waals surface area contributed by atoms with Gasteiger partial charge in [0.2, 0.25) is 10.0 Å². The van der Waals surface area contributed by atoms with Gasteiger partial charge in [-0.3, -0.25) is 0 Å². The molecular weight excluding hydrogens is 265 g/mol. The Morgan fingerprint density at radius 2 is 1.89 bits per heavy atom. The Labute approximate surface area is 103 Å². The fourth-order valence-electron chi connectivity index (χ4n) is 1.15. The lowest BCUT2D eigenvalue weighted by Crippen LogP contribution is -2.30. The first-order valence-electron chi connectivity index (χ1n) is 4.99. The van der Waals surface area contributed by atoms with Crippen molar-refractivity contribution in [2.75, 3.05) is 6.54 Å². The Kier molecular flexibility index (Phi) is 4.76. The van der Waals surface area contributed by atoms with Gasteiger partial charge >= 0.3 is 5.97 Å². The lowest BCUT2D eigenvalue weighted by Gasteiger charge is -2.08. The van der Waals surface area contributed by atoms with Crippen LogP contribution in [0.2, 0.25) is 0 Å². The number of carboxylic acids is 1. The zero-order chi connectivity index (χ0) is 13.8. The Morgan fingerprint density at radius 1 is 1.33 bits per heavy atom. The molecule has 1 atom stereocenters. The van der Waals surface area contributed by atoms with Gasteiger partial charge in [-0.1, -0.05) is 0 Å². The second-order valence-corrected chi connectivity index (χ2v) is 5.26. The van der Waals surface area contributed by atoms with Gasteiger partial charge in [0.15, 0.2) is 6.10 Å². The molecule has 6 nitrogen and oxygen atoms in total. The van der Waals surface area contributed by atoms with Crippen molar-refractivity contribution in [3.63, 3.8) is 0 Å². The number of carbonyl (C=O) groups is 1. The fraction of sp³-hybridized carbons (Fsp3) is 0.300. The van der Waals surface area contributed by atoms with E-state index in [0.717, 1.165) is 24.3 Å². The summed E-state index contributed by atoms with van der Waals surface area (Å²) < 4.78 is 38.0. The van der Waals surface area contributed by atoms with Crippen LogP contribution in [0.5, 0.6) is 0 Å². The van der Waals surface area contributed by atoms with Gasteiger partial charge in [-0.15, -0.1) is 0 Å². The van der Waals surface area contributed by atoms with E-state index in [9.17, 15) is 17.6 Å². The number of aliphatic hydroxyl groups excluding tert-OH is 1. The highest BCUT2D eigenvalue weighted by Crippen LogP contribution is 2.09. The minimum absolute atomic E-state index is 0.131. The van der Waals surface area contributed by atoms with E-state index in [1.54, 1.807) is 0 Å². The number of hydrogen-bond acceptors (Lipinski definition) is 4. The molecule has 0 spiro atoms. The van der Waals surface area contributed by atoms with Crippen LogP contribution in [-0.2, 0) is 14.8 Å². The summed E-state index contributed by atoms with van der Waals surface area (Å²) in [5.41, 5.74) is 0. The van der Waals surface area contributed by atoms with Crippen LogP contribution in [0.1, 0.15) is 6.42 Å². The smallest absolute Gasteiger partial charge is 0.332 e. The third-order valence-corrected chi connectivity index (χ3v) is 3.60. The van der Waals surface area contributed by atoms with Gasteiger partial charge in [-0.25, -0.2) is 22.3 Å². The van der Waals surface area contributed by atoms with Crippen LogP contribution in [0.4, 0.5) is 4.39 Å². The normalized spacial score (nSPS) is 13.2. The van der Waals surface area contributed by atoms with Crippen molar-refractivity contribution in [3.05, 3.63) is 30.1 Å². The largest absolute Gasteiger partial charge is 0.479 e. The van der Waals surface area contributed by atoms with Crippen LogP contribution in [0.15, 0.2) is 29.2 Å². The van der Waals surface area contributed by atoms with E-state index < -0.39 is 27.9 Å². The van der Waals surface area contributed by atoms with Gasteiger partial charge < -0.3 is 10.2 Å². The maximum Gasteiger partial charge on any atom is 0.332 e. The standard InChI is InChI=1S/C10H12FNO5S/c11-7-1-3-8(4-2-7)18(16,17)12-6-5-9(13)10(14)15/h1-4,9,12-13H,5-6H2,(H,14,15)/t9-/m0/s1. The van der Waals surface area contributed by atoms with Crippen molar-refractivity contribution in [2.24, 2.45) is 0 Å². The SMILES string of the molecule is O=C(O)[C@@H](O)CCNS(=O)(=O)c1ccc(F)cc1. The Bertz CT molecular complexity index is 514. The minimum Gasteiger partial charge on any atom is -0.479 e. The summed E-state index contributed by atoms with van der Waals surface area (Å²) in [5, 5.41) is 17.3. The molecule has 0 radical (unpaired) electrons. The molecule has 0 saturated heterocycles. The summed E-state index contributed by atoms with van der Waals surface area (Å²) in [6.07, 6.45) is -1.88. The molecule has 0 aliphatic rings. The van der Waals surface area contributed by atoms with E-state index in [-0.39, 0.29) is 17.9 Å². The number of sulfonamides is 1. The Hall–Kier alpha value is -1.51. The monoisotopic (exact) mass is 277 g/mol. The van der Waals surface area contributed by atoms with E-state index >= 15 is 0 Å². The highest BCUT2D eigenvalue weighted by atomic mass is 32.2. The molecule has 18 heavy (non-hydrogen) atoms. The number of aliphatic hydroxyl groups is 1. The van der Waals surface area contributed by atoms with Crippen LogP contribution in [0.25, 0.3) is 0 Å². The van der Waals surface area contributed by atoms with Gasteiger partial charge in [0, 0.05) is 6.54 Å². The maximum atomic E-state index is 12.6. The molecule has 0 bridgehead atoms. The predicted molar refractivity (Wildman–Crippen MR) is 59.8 cm³/mol. The van der Waals surface area contributed by atoms with E-state index in [1.807, 2.05) is 0 Å². The molecule has 1 aromatic carbocycles. The molecule has 3 N–H and O–H groups in total. The van der Waals surface area contributed by atoms with Gasteiger partial charge in [0.05, 0.1) is 4.90 Å². The van der Waals surface area contributed by atoms with Gasteiger partial charge in [-0.2, -0.15) is 0 Å². The Morgan fingerprint density at radius 3 is 2.39 bits per heavy atom. The molecule has 0 unspecified atom stereocenters. The van der Waals surface area contributed by atoms with Crippen molar-refractivity contribution in [2.45, 2.75) is 17.4 Å². The first-order chi connectivity index (χ1) is 8.33. The van der Waals surface area contributed by atoms with Crippen LogP contribution in [-0.4, -0.2) is 37.2 Å². The molecule has 0 heterocycles. The lowest BCUT2D eigenvalue weighted by atomic mass is 10.3. The molecule has 1 rings (SSSR count). The Balaban J connectivity index is 2.60. The van der Waals surface area contributed by atoms with E-state index in [2.05, 4.69) is 4.72 Å². The van der Waals surface area contributed by atoms with Crippen molar-refractivity contribution >= 4 is 16.0 Å². The fourth-order valence-corrected chi connectivity index (χ4v) is 2.20. The summed E-state index contributed by atoms with van der Waals surface area (Å²) >= 11 is 0. The number of hydrogen-bond donors (Lipinski definition) is 3. The number of carboxylic acid groups (broad SMARTS) is 1. The van der Waals surface area contributed by atoms with E-state index in [1.165, 1.54) is 0 Å². The number of aliphatic carboxylic acids is 1. The molecular formula is C10H12FNO5S. The van der Waals surface area contributed by atoms with Gasteiger partial charge in [0.1, 0.15) is 5.82 Å². The first kappa shape index (κ1) is 14.6. The van der Waals surface area contributed by atoms with Crippen molar-refractivity contribution in [1.82, 2.24) is 4.72 Å². The zero-order valence-corrected chi connectivity index (χ0v) is 10.0. The molecule has 0 aromatic heterocycles. The summed E-state index contributed by atoms with van der Waals surface area (Å²) in [6.45, 7) is -0.229. The third kappa shape index (κ3) is 4.06. The summed E-state index contributed by atoms with van der Waals surface area (Å²) in [7, 11) is -3.82.